The van der Waals surface area contributed by atoms with Gasteiger partial charge >= 0.3 is 5.97 Å². The van der Waals surface area contributed by atoms with Gasteiger partial charge in [-0.1, -0.05) is 38.0 Å². The van der Waals surface area contributed by atoms with Crippen LogP contribution >= 0.6 is 0 Å². The van der Waals surface area contributed by atoms with Gasteiger partial charge in [-0.3, -0.25) is 4.98 Å². The van der Waals surface area contributed by atoms with Gasteiger partial charge in [-0.05, 0) is 87.8 Å². The summed E-state index contributed by atoms with van der Waals surface area (Å²) in [6, 6.07) is 14.3. The van der Waals surface area contributed by atoms with E-state index >= 15 is 0 Å². The lowest BCUT2D eigenvalue weighted by molar-refractivity contribution is -0.138. The summed E-state index contributed by atoms with van der Waals surface area (Å²) in [6.45, 7) is 7.67. The largest absolute Gasteiger partial charge is 0.462 e. The van der Waals surface area contributed by atoms with Crippen molar-refractivity contribution in [1.29, 1.82) is 0 Å². The lowest BCUT2D eigenvalue weighted by Crippen LogP contribution is -2.40. The maximum Gasteiger partial charge on any atom is 0.341 e. The Kier molecular flexibility index (Phi) is 9.60. The molecule has 1 aromatic carbocycles. The first kappa shape index (κ1) is 28.7. The van der Waals surface area contributed by atoms with Crippen molar-refractivity contribution >= 4 is 22.8 Å². The molecule has 6 nitrogen and oxygen atoms in total. The van der Waals surface area contributed by atoms with Crippen molar-refractivity contribution < 1.29 is 13.9 Å². The monoisotopic (exact) mass is 553 g/mol. The zero-order valence-corrected chi connectivity index (χ0v) is 24.6. The third-order valence-corrected chi connectivity index (χ3v) is 8.44. The van der Waals surface area contributed by atoms with Crippen molar-refractivity contribution in [2.45, 2.75) is 70.8 Å². The van der Waals surface area contributed by atoms with Crippen LogP contribution in [0.5, 0.6) is 0 Å². The second-order valence-electron chi connectivity index (χ2n) is 11.3. The molecule has 0 N–H and O–H groups in total. The predicted octanol–water partition coefficient (Wildman–Crippen LogP) is 8.27. The van der Waals surface area contributed by atoms with Crippen molar-refractivity contribution in [1.82, 2.24) is 9.88 Å². The summed E-state index contributed by atoms with van der Waals surface area (Å²) in [4.78, 5) is 22.2. The van der Waals surface area contributed by atoms with E-state index in [1.54, 1.807) is 6.20 Å². The highest BCUT2D eigenvalue weighted by atomic mass is 16.5. The molecule has 2 aromatic heterocycles. The van der Waals surface area contributed by atoms with Gasteiger partial charge in [-0.15, -0.1) is 0 Å². The van der Waals surface area contributed by atoms with Crippen LogP contribution in [0.3, 0.4) is 0 Å². The molecule has 0 amide bonds. The van der Waals surface area contributed by atoms with E-state index in [0.29, 0.717) is 24.1 Å². The minimum absolute atomic E-state index is 0.323. The Bertz CT molecular complexity index is 1340. The number of fused-ring (bicyclic) bond motifs is 1. The Hall–Kier alpha value is -3.80. The van der Waals surface area contributed by atoms with Crippen LogP contribution in [-0.2, 0) is 9.53 Å². The molecular formula is C35H43N3O3. The molecule has 216 valence electrons. The van der Waals surface area contributed by atoms with E-state index in [9.17, 15) is 4.79 Å². The molecule has 0 bridgehead atoms. The van der Waals surface area contributed by atoms with Gasteiger partial charge in [-0.2, -0.15) is 0 Å². The van der Waals surface area contributed by atoms with Gasteiger partial charge in [0, 0.05) is 55.0 Å². The number of nitrogens with zero attached hydrogens (tertiary/aromatic N) is 3. The summed E-state index contributed by atoms with van der Waals surface area (Å²) < 4.78 is 11.6. The number of aromatic nitrogens is 1. The normalized spacial score (nSPS) is 16.9. The van der Waals surface area contributed by atoms with E-state index in [1.807, 2.05) is 67.5 Å². The van der Waals surface area contributed by atoms with Crippen LogP contribution in [0, 0.1) is 5.92 Å². The van der Waals surface area contributed by atoms with Gasteiger partial charge in [0.25, 0.3) is 0 Å². The Balaban J connectivity index is 1.40. The highest BCUT2D eigenvalue weighted by molar-refractivity contribution is 5.93. The first-order chi connectivity index (χ1) is 20.0. The maximum atomic E-state index is 13.4. The average molecular weight is 554 g/mol. The number of esters is 1. The number of hydrogen-bond donors (Lipinski definition) is 0. The molecule has 3 aromatic rings. The van der Waals surface area contributed by atoms with E-state index in [0.717, 1.165) is 66.0 Å². The molecule has 41 heavy (non-hydrogen) atoms. The number of carbonyl (C=O) groups excluding carboxylic acids is 1. The van der Waals surface area contributed by atoms with Crippen LogP contribution < -0.4 is 4.90 Å². The summed E-state index contributed by atoms with van der Waals surface area (Å²) in [5, 5.41) is 0. The molecule has 5 rings (SSSR count). The van der Waals surface area contributed by atoms with Crippen LogP contribution in [0.25, 0.3) is 22.4 Å². The highest BCUT2D eigenvalue weighted by Gasteiger charge is 2.29. The molecule has 0 aliphatic heterocycles. The number of furan rings is 1. The Morgan fingerprint density at radius 3 is 2.49 bits per heavy atom. The van der Waals surface area contributed by atoms with E-state index in [2.05, 4.69) is 28.6 Å². The van der Waals surface area contributed by atoms with Crippen LogP contribution in [0.15, 0.2) is 89.3 Å². The molecule has 2 aliphatic rings. The number of benzene rings is 1. The van der Waals surface area contributed by atoms with E-state index in [4.69, 9.17) is 9.15 Å². The summed E-state index contributed by atoms with van der Waals surface area (Å²) in [7, 11) is 1.97. The van der Waals surface area contributed by atoms with Gasteiger partial charge < -0.3 is 19.0 Å². The fraction of sp³-hybridized carbons (Fsp3) is 0.429. The smallest absolute Gasteiger partial charge is 0.341 e. The molecular weight excluding hydrogens is 510 g/mol. The van der Waals surface area contributed by atoms with Crippen LogP contribution in [0.4, 0.5) is 5.69 Å². The summed E-state index contributed by atoms with van der Waals surface area (Å²) in [6.07, 6.45) is 18.9. The number of ether oxygens (including phenoxy) is 1. The Morgan fingerprint density at radius 2 is 1.80 bits per heavy atom. The summed E-state index contributed by atoms with van der Waals surface area (Å²) in [5.41, 5.74) is 4.83. The minimum Gasteiger partial charge on any atom is -0.462 e. The third-order valence-electron chi connectivity index (χ3n) is 8.44. The number of allylic oxidation sites excluding steroid dienone is 2. The summed E-state index contributed by atoms with van der Waals surface area (Å²) in [5.74, 6) is 1.09. The molecule has 2 aliphatic carbocycles. The molecule has 2 heterocycles. The molecule has 0 saturated heterocycles. The SMILES string of the molecule is C=C(/C(=C\N(C)c1ccc(-c2cc3ncccc3o2)cc1)C(=O)OCC)N(CC1CCCCC1)C1CCC=CCC1. The van der Waals surface area contributed by atoms with Crippen molar-refractivity contribution in [3.8, 4) is 11.3 Å². The average Bonchev–Trinajstić information content (AvgIpc) is 3.26. The van der Waals surface area contributed by atoms with Gasteiger partial charge in [0.1, 0.15) is 11.3 Å². The fourth-order valence-electron chi connectivity index (χ4n) is 6.15. The fourth-order valence-corrected chi connectivity index (χ4v) is 6.15. The number of pyridine rings is 1. The van der Waals surface area contributed by atoms with E-state index < -0.39 is 0 Å². The molecule has 1 saturated carbocycles. The third kappa shape index (κ3) is 7.10. The van der Waals surface area contributed by atoms with Crippen molar-refractivity contribution in [2.75, 3.05) is 25.1 Å². The second-order valence-corrected chi connectivity index (χ2v) is 11.3. The number of carbonyl (C=O) groups is 1. The summed E-state index contributed by atoms with van der Waals surface area (Å²) >= 11 is 0. The molecule has 0 radical (unpaired) electrons. The number of hydrogen-bond acceptors (Lipinski definition) is 6. The van der Waals surface area contributed by atoms with Crippen molar-refractivity contribution in [3.63, 3.8) is 0 Å². The topological polar surface area (TPSA) is 58.8 Å². The Morgan fingerprint density at radius 1 is 1.07 bits per heavy atom. The predicted molar refractivity (Wildman–Crippen MR) is 166 cm³/mol. The standard InChI is InChI=1S/C35H43N3O3/c1-4-40-35(39)31(26(2)38(24-27-13-8-7-9-14-27)30-15-10-5-6-11-16-30)25-37(3)29-20-18-28(19-21-29)34-23-32-33(41-34)17-12-22-36-32/h5-6,12,17-23,25,27,30H,2,4,7-11,13-16,24H2,1,3H3/b31-25+. The molecule has 0 unspecified atom stereocenters. The van der Waals surface area contributed by atoms with Crippen LogP contribution in [-0.4, -0.2) is 42.1 Å². The maximum absolute atomic E-state index is 13.4. The van der Waals surface area contributed by atoms with Crippen molar-refractivity contribution in [2.24, 2.45) is 5.92 Å². The highest BCUT2D eigenvalue weighted by Crippen LogP contribution is 2.32. The zero-order chi connectivity index (χ0) is 28.6. The van der Waals surface area contributed by atoms with E-state index in [1.165, 1.54) is 32.1 Å². The van der Waals surface area contributed by atoms with Gasteiger partial charge in [0.15, 0.2) is 5.58 Å². The van der Waals surface area contributed by atoms with Crippen LogP contribution in [0.2, 0.25) is 0 Å². The van der Waals surface area contributed by atoms with Gasteiger partial charge in [0.05, 0.1) is 12.2 Å². The molecule has 6 heteroatoms. The quantitative estimate of drug-likeness (QED) is 0.109. The lowest BCUT2D eigenvalue weighted by Gasteiger charge is -2.39. The number of rotatable bonds is 10. The molecule has 1 fully saturated rings. The van der Waals surface area contributed by atoms with Gasteiger partial charge in [0.2, 0.25) is 0 Å². The first-order valence-electron chi connectivity index (χ1n) is 15.2. The lowest BCUT2D eigenvalue weighted by atomic mass is 9.88. The minimum atomic E-state index is -0.323. The van der Waals surface area contributed by atoms with Crippen molar-refractivity contribution in [3.05, 3.63) is 84.9 Å². The van der Waals surface area contributed by atoms with Crippen LogP contribution in [0.1, 0.15) is 64.7 Å². The molecule has 0 spiro atoms. The number of anilines is 1. The van der Waals surface area contributed by atoms with E-state index in [-0.39, 0.29) is 5.97 Å². The molecule has 0 atom stereocenters. The van der Waals surface area contributed by atoms with Gasteiger partial charge in [-0.25, -0.2) is 4.79 Å². The zero-order valence-electron chi connectivity index (χ0n) is 24.6. The second kappa shape index (κ2) is 13.7. The first-order valence-corrected chi connectivity index (χ1v) is 15.2. The Labute approximate surface area is 244 Å².